The molecule has 0 spiro atoms. The molecule has 2 aromatic carbocycles. The first-order valence-corrected chi connectivity index (χ1v) is 13.6. The van der Waals surface area contributed by atoms with E-state index in [1.54, 1.807) is 0 Å². The average Bonchev–Trinajstić information content (AvgIpc) is 2.87. The zero-order chi connectivity index (χ0) is 25.7. The van der Waals surface area contributed by atoms with Crippen LogP contribution in [0.15, 0.2) is 24.3 Å². The summed E-state index contributed by atoms with van der Waals surface area (Å²) in [5.41, 5.74) is 0.580. The van der Waals surface area contributed by atoms with Gasteiger partial charge in [0.1, 0.15) is 6.61 Å². The fourth-order valence-corrected chi connectivity index (χ4v) is 6.36. The Labute approximate surface area is 211 Å². The molecule has 4 rings (SSSR count). The number of hydrogen-bond donors (Lipinski definition) is 0. The van der Waals surface area contributed by atoms with Crippen LogP contribution in [-0.4, -0.2) is 0 Å². The quantitative estimate of drug-likeness (QED) is 0.186. The van der Waals surface area contributed by atoms with Crippen LogP contribution in [0.1, 0.15) is 101 Å². The van der Waals surface area contributed by atoms with E-state index in [0.29, 0.717) is 11.5 Å². The standard InChI is InChI=1S/C30H37F5O/c1-2-3-4-5-19-6-8-21(9-7-19)22-10-12-23(13-11-22)24-16-27(33)30(28(34)17-24)36-18-20-14-25(31)29(35)26(32)15-20/h14-17,19,21-23H,2-13,18H2,1H3. The summed E-state index contributed by atoms with van der Waals surface area (Å²) < 4.78 is 74.5. The van der Waals surface area contributed by atoms with Gasteiger partial charge in [-0.25, -0.2) is 22.0 Å². The van der Waals surface area contributed by atoms with Crippen LogP contribution < -0.4 is 4.74 Å². The van der Waals surface area contributed by atoms with Gasteiger partial charge >= 0.3 is 0 Å². The molecule has 2 aliphatic carbocycles. The van der Waals surface area contributed by atoms with E-state index in [-0.39, 0.29) is 11.5 Å². The summed E-state index contributed by atoms with van der Waals surface area (Å²) in [5, 5.41) is 0. The average molecular weight is 509 g/mol. The highest BCUT2D eigenvalue weighted by molar-refractivity contribution is 5.34. The molecule has 0 aliphatic heterocycles. The van der Waals surface area contributed by atoms with E-state index in [1.807, 2.05) is 0 Å². The third kappa shape index (κ3) is 6.60. The summed E-state index contributed by atoms with van der Waals surface area (Å²) in [6.45, 7) is 1.77. The fraction of sp³-hybridized carbons (Fsp3) is 0.600. The molecule has 36 heavy (non-hydrogen) atoms. The number of halogens is 5. The molecule has 2 aliphatic rings. The largest absolute Gasteiger partial charge is 0.483 e. The van der Waals surface area contributed by atoms with Crippen molar-refractivity contribution in [1.82, 2.24) is 0 Å². The molecule has 0 aromatic heterocycles. The smallest absolute Gasteiger partial charge is 0.194 e. The summed E-state index contributed by atoms with van der Waals surface area (Å²) in [6.07, 6.45) is 14.7. The molecule has 2 aromatic rings. The Morgan fingerprint density at radius 2 is 1.25 bits per heavy atom. The molecule has 0 saturated heterocycles. The Kier molecular flexibility index (Phi) is 9.30. The van der Waals surface area contributed by atoms with Crippen molar-refractivity contribution in [2.45, 2.75) is 96.5 Å². The van der Waals surface area contributed by atoms with Gasteiger partial charge in [0.25, 0.3) is 0 Å². The van der Waals surface area contributed by atoms with Gasteiger partial charge in [0.15, 0.2) is 34.8 Å². The first-order valence-electron chi connectivity index (χ1n) is 13.6. The van der Waals surface area contributed by atoms with Gasteiger partial charge in [0.05, 0.1) is 0 Å². The van der Waals surface area contributed by atoms with Crippen molar-refractivity contribution < 1.29 is 26.7 Å². The molecule has 2 saturated carbocycles. The second kappa shape index (κ2) is 12.4. The molecule has 6 heteroatoms. The molecule has 0 N–H and O–H groups in total. The van der Waals surface area contributed by atoms with E-state index in [9.17, 15) is 22.0 Å². The first kappa shape index (κ1) is 26.9. The van der Waals surface area contributed by atoms with Gasteiger partial charge in [-0.05, 0) is 97.6 Å². The number of hydrogen-bond acceptors (Lipinski definition) is 1. The second-order valence-corrected chi connectivity index (χ2v) is 10.9. The van der Waals surface area contributed by atoms with Gasteiger partial charge in [0.2, 0.25) is 0 Å². The zero-order valence-electron chi connectivity index (χ0n) is 21.1. The fourth-order valence-electron chi connectivity index (χ4n) is 6.36. The van der Waals surface area contributed by atoms with E-state index in [0.717, 1.165) is 49.7 Å². The minimum absolute atomic E-state index is 0.0532. The SMILES string of the molecule is CCCCCC1CCC(C2CCC(c3cc(F)c(OCc4cc(F)c(F)c(F)c4)c(F)c3)CC2)CC1. The lowest BCUT2D eigenvalue weighted by Crippen LogP contribution is -2.25. The van der Waals surface area contributed by atoms with Gasteiger partial charge in [-0.1, -0.05) is 45.4 Å². The van der Waals surface area contributed by atoms with Crippen LogP contribution in [0.3, 0.4) is 0 Å². The maximum Gasteiger partial charge on any atom is 0.194 e. The Morgan fingerprint density at radius 3 is 1.81 bits per heavy atom. The molecular weight excluding hydrogens is 471 g/mol. The number of rotatable bonds is 9. The highest BCUT2D eigenvalue weighted by atomic mass is 19.2. The minimum Gasteiger partial charge on any atom is -0.483 e. The van der Waals surface area contributed by atoms with Crippen molar-refractivity contribution in [1.29, 1.82) is 0 Å². The lowest BCUT2D eigenvalue weighted by Gasteiger charge is -2.38. The van der Waals surface area contributed by atoms with Crippen LogP contribution in [0, 0.1) is 46.8 Å². The Balaban J connectivity index is 1.29. The van der Waals surface area contributed by atoms with E-state index < -0.39 is 41.4 Å². The monoisotopic (exact) mass is 508 g/mol. The summed E-state index contributed by atoms with van der Waals surface area (Å²) >= 11 is 0. The third-order valence-corrected chi connectivity index (χ3v) is 8.46. The van der Waals surface area contributed by atoms with Crippen LogP contribution in [0.2, 0.25) is 0 Å². The number of ether oxygens (including phenoxy) is 1. The van der Waals surface area contributed by atoms with Gasteiger partial charge in [0, 0.05) is 0 Å². The van der Waals surface area contributed by atoms with Crippen LogP contribution >= 0.6 is 0 Å². The summed E-state index contributed by atoms with van der Waals surface area (Å²) in [5.74, 6) is -4.08. The molecule has 2 fully saturated rings. The molecule has 0 amide bonds. The van der Waals surface area contributed by atoms with E-state index in [4.69, 9.17) is 4.74 Å². The topological polar surface area (TPSA) is 9.23 Å². The van der Waals surface area contributed by atoms with Gasteiger partial charge in [-0.2, -0.15) is 0 Å². The second-order valence-electron chi connectivity index (χ2n) is 10.9. The number of unbranched alkanes of at least 4 members (excludes halogenated alkanes) is 2. The van der Waals surface area contributed by atoms with Crippen molar-refractivity contribution in [3.8, 4) is 5.75 Å². The Morgan fingerprint density at radius 1 is 0.694 bits per heavy atom. The zero-order valence-corrected chi connectivity index (χ0v) is 21.1. The van der Waals surface area contributed by atoms with E-state index in [1.165, 1.54) is 63.5 Å². The predicted molar refractivity (Wildman–Crippen MR) is 131 cm³/mol. The summed E-state index contributed by atoms with van der Waals surface area (Å²) in [6, 6.07) is 4.13. The molecule has 0 atom stereocenters. The van der Waals surface area contributed by atoms with Crippen molar-refractivity contribution >= 4 is 0 Å². The maximum atomic E-state index is 14.7. The van der Waals surface area contributed by atoms with Gasteiger partial charge in [-0.15, -0.1) is 0 Å². The maximum absolute atomic E-state index is 14.7. The molecule has 0 unspecified atom stereocenters. The molecule has 0 radical (unpaired) electrons. The lowest BCUT2D eigenvalue weighted by atomic mass is 9.68. The van der Waals surface area contributed by atoms with Crippen molar-refractivity contribution in [2.75, 3.05) is 0 Å². The Bertz CT molecular complexity index is 960. The molecule has 0 bridgehead atoms. The summed E-state index contributed by atoms with van der Waals surface area (Å²) in [4.78, 5) is 0. The molecular formula is C30H37F5O. The van der Waals surface area contributed by atoms with Crippen LogP contribution in [0.5, 0.6) is 5.75 Å². The molecule has 0 heterocycles. The predicted octanol–water partition coefficient (Wildman–Crippen LogP) is 9.62. The van der Waals surface area contributed by atoms with Crippen molar-refractivity contribution in [2.24, 2.45) is 17.8 Å². The Hall–Kier alpha value is -2.11. The normalized spacial score (nSPS) is 24.6. The molecule has 1 nitrogen and oxygen atoms in total. The van der Waals surface area contributed by atoms with Crippen LogP contribution in [0.25, 0.3) is 0 Å². The highest BCUT2D eigenvalue weighted by Crippen LogP contribution is 2.45. The van der Waals surface area contributed by atoms with Crippen LogP contribution in [-0.2, 0) is 6.61 Å². The third-order valence-electron chi connectivity index (χ3n) is 8.46. The minimum atomic E-state index is -1.59. The highest BCUT2D eigenvalue weighted by Gasteiger charge is 2.31. The lowest BCUT2D eigenvalue weighted by molar-refractivity contribution is 0.155. The van der Waals surface area contributed by atoms with E-state index >= 15 is 0 Å². The van der Waals surface area contributed by atoms with Crippen LogP contribution in [0.4, 0.5) is 22.0 Å². The summed E-state index contributed by atoms with van der Waals surface area (Å²) in [7, 11) is 0. The molecule has 198 valence electrons. The van der Waals surface area contributed by atoms with E-state index in [2.05, 4.69) is 6.92 Å². The number of benzene rings is 2. The first-order chi connectivity index (χ1) is 17.4. The van der Waals surface area contributed by atoms with Gasteiger partial charge < -0.3 is 4.74 Å². The van der Waals surface area contributed by atoms with Gasteiger partial charge in [-0.3, -0.25) is 0 Å². The van der Waals surface area contributed by atoms with Crippen molar-refractivity contribution in [3.63, 3.8) is 0 Å². The van der Waals surface area contributed by atoms with Crippen molar-refractivity contribution in [3.05, 3.63) is 64.5 Å².